The third-order valence-electron chi connectivity index (χ3n) is 2.48. The first-order chi connectivity index (χ1) is 8.91. The van der Waals surface area contributed by atoms with Gasteiger partial charge in [0.2, 0.25) is 0 Å². The fourth-order valence-corrected chi connectivity index (χ4v) is 1.53. The van der Waals surface area contributed by atoms with E-state index in [0.29, 0.717) is 0 Å². The summed E-state index contributed by atoms with van der Waals surface area (Å²) in [5.74, 6) is 0. The number of hydrogen-bond donors (Lipinski definition) is 0. The molecule has 3 heterocycles. The van der Waals surface area contributed by atoms with E-state index < -0.39 is 16.5 Å². The van der Waals surface area contributed by atoms with E-state index in [1.165, 1.54) is 38.5 Å². The number of rotatable bonds is 0. The molecule has 6 heteroatoms. The molecule has 0 unspecified atom stereocenters. The molecule has 0 amide bonds. The van der Waals surface area contributed by atoms with E-state index in [2.05, 4.69) is 0 Å². The van der Waals surface area contributed by atoms with Crippen LogP contribution in [0.3, 0.4) is 0 Å². The molecule has 0 aromatic heterocycles. The summed E-state index contributed by atoms with van der Waals surface area (Å²) in [5, 5.41) is 0. The summed E-state index contributed by atoms with van der Waals surface area (Å²) >= 11 is -0.472. The predicted octanol–water partition coefficient (Wildman–Crippen LogP) is 3.77. The second kappa shape index (κ2) is 18.1. The topological polar surface area (TPSA) is 27.7 Å². The van der Waals surface area contributed by atoms with Crippen molar-refractivity contribution >= 4 is 18.8 Å². The Morgan fingerprint density at radius 2 is 0.667 bits per heavy atom. The van der Waals surface area contributed by atoms with Crippen molar-refractivity contribution in [2.24, 2.45) is 0 Å². The molecule has 3 saturated heterocycles. The molecule has 0 aliphatic carbocycles. The van der Waals surface area contributed by atoms with Crippen molar-refractivity contribution in [2.45, 2.75) is 38.5 Å². The van der Waals surface area contributed by atoms with E-state index >= 15 is 0 Å². The van der Waals surface area contributed by atoms with Crippen LogP contribution in [0, 0.1) is 0 Å². The molecule has 0 N–H and O–H groups in total. The summed E-state index contributed by atoms with van der Waals surface area (Å²) in [7, 11) is 9.75. The van der Waals surface area contributed by atoms with Gasteiger partial charge < -0.3 is 14.2 Å². The molecule has 114 valence electrons. The summed E-state index contributed by atoms with van der Waals surface area (Å²) in [6, 6.07) is 0. The molecule has 0 spiro atoms. The van der Waals surface area contributed by atoms with E-state index in [1.807, 2.05) is 0 Å². The van der Waals surface area contributed by atoms with Gasteiger partial charge in [-0.05, 0) is 38.5 Å². The van der Waals surface area contributed by atoms with E-state index in [9.17, 15) is 0 Å². The molecule has 3 aliphatic rings. The van der Waals surface area contributed by atoms with Crippen molar-refractivity contribution in [2.75, 3.05) is 39.6 Å². The Bertz CT molecular complexity index is 94.7. The van der Waals surface area contributed by atoms with Crippen LogP contribution in [0.2, 0.25) is 0 Å². The van der Waals surface area contributed by atoms with Crippen molar-refractivity contribution in [1.82, 2.24) is 0 Å². The maximum atomic E-state index is 4.94. The van der Waals surface area contributed by atoms with E-state index in [4.69, 9.17) is 33.0 Å². The van der Waals surface area contributed by atoms with Crippen LogP contribution in [-0.4, -0.2) is 39.6 Å². The van der Waals surface area contributed by atoms with Crippen LogP contribution in [0.15, 0.2) is 0 Å². The van der Waals surface area contributed by atoms with Gasteiger partial charge in [0.15, 0.2) is 0 Å². The normalized spacial score (nSPS) is 21.2. The van der Waals surface area contributed by atoms with Crippen LogP contribution in [-0.2, 0) is 30.7 Å². The Hall–Kier alpha value is 1.15. The first kappa shape index (κ1) is 19.1. The third kappa shape index (κ3) is 17.1. The van der Waals surface area contributed by atoms with Crippen molar-refractivity contribution in [3.63, 3.8) is 0 Å². The summed E-state index contributed by atoms with van der Waals surface area (Å²) in [4.78, 5) is 0. The van der Waals surface area contributed by atoms with Crippen LogP contribution in [0.4, 0.5) is 0 Å². The average Bonchev–Trinajstić information content (AvgIpc) is 3.19. The second-order valence-electron chi connectivity index (χ2n) is 4.00. The van der Waals surface area contributed by atoms with Crippen LogP contribution in [0.25, 0.3) is 0 Å². The van der Waals surface area contributed by atoms with Crippen LogP contribution in [0.5, 0.6) is 0 Å². The number of ether oxygens (including phenoxy) is 3. The van der Waals surface area contributed by atoms with Gasteiger partial charge in [-0.1, -0.05) is 0 Å². The fourth-order valence-electron chi connectivity index (χ4n) is 1.53. The zero-order chi connectivity index (χ0) is 13.3. The molecule has 0 radical (unpaired) electrons. The van der Waals surface area contributed by atoms with E-state index in [1.54, 1.807) is 0 Å². The summed E-state index contributed by atoms with van der Waals surface area (Å²) < 4.78 is 14.8. The molecule has 0 atom stereocenters. The Morgan fingerprint density at radius 3 is 0.722 bits per heavy atom. The molecule has 3 aliphatic heterocycles. The van der Waals surface area contributed by atoms with Crippen molar-refractivity contribution in [1.29, 1.82) is 0 Å². The minimum absolute atomic E-state index is 0.472. The minimum atomic E-state index is -0.472. The Morgan fingerprint density at radius 1 is 0.500 bits per heavy atom. The van der Waals surface area contributed by atoms with Crippen molar-refractivity contribution in [3.05, 3.63) is 0 Å². The SMILES string of the molecule is C1CCOC1.C1CCOC1.C1CCOC1.[Cl][Pt][Cl]. The quantitative estimate of drug-likeness (QED) is 0.527. The van der Waals surface area contributed by atoms with Crippen LogP contribution >= 0.6 is 18.8 Å². The van der Waals surface area contributed by atoms with Crippen molar-refractivity contribution < 1.29 is 30.7 Å². The zero-order valence-electron chi connectivity index (χ0n) is 10.8. The molecule has 0 aromatic rings. The maximum absolute atomic E-state index is 4.94. The van der Waals surface area contributed by atoms with Gasteiger partial charge >= 0.3 is 35.3 Å². The summed E-state index contributed by atoms with van der Waals surface area (Å²) in [5.41, 5.74) is 0. The molecule has 3 rings (SSSR count). The number of hydrogen-bond acceptors (Lipinski definition) is 3. The molecule has 3 fully saturated rings. The van der Waals surface area contributed by atoms with E-state index in [0.717, 1.165) is 39.6 Å². The van der Waals surface area contributed by atoms with E-state index in [-0.39, 0.29) is 0 Å². The molecule has 0 saturated carbocycles. The standard InChI is InChI=1S/3C4H8O.2ClH.Pt/c3*1-2-4-5-3-1;;;/h3*1-4H2;2*1H;/q;;;;;+2/p-2. The van der Waals surface area contributed by atoms with Gasteiger partial charge in [-0.25, -0.2) is 0 Å². The second-order valence-corrected chi connectivity index (χ2v) is 7.29. The monoisotopic (exact) mass is 481 g/mol. The Kier molecular flexibility index (Phi) is 19.3. The van der Waals surface area contributed by atoms with Gasteiger partial charge in [0.1, 0.15) is 0 Å². The van der Waals surface area contributed by atoms with Crippen LogP contribution < -0.4 is 0 Å². The Labute approximate surface area is 127 Å². The van der Waals surface area contributed by atoms with Gasteiger partial charge in [-0.2, -0.15) is 0 Å². The van der Waals surface area contributed by atoms with Crippen LogP contribution in [0.1, 0.15) is 38.5 Å². The molecular weight excluding hydrogens is 458 g/mol. The van der Waals surface area contributed by atoms with Crippen molar-refractivity contribution in [3.8, 4) is 0 Å². The van der Waals surface area contributed by atoms with Gasteiger partial charge in [-0.3, -0.25) is 0 Å². The summed E-state index contributed by atoms with van der Waals surface area (Å²) in [6.07, 6.45) is 7.67. The molecular formula is C12H24Cl2O3Pt. The fraction of sp³-hybridized carbons (Fsp3) is 1.00. The first-order valence-electron chi connectivity index (χ1n) is 6.47. The Balaban J connectivity index is 0.000000219. The first-order valence-corrected chi connectivity index (χ1v) is 12.1. The average molecular weight is 482 g/mol. The summed E-state index contributed by atoms with van der Waals surface area (Å²) in [6.45, 7) is 6.00. The zero-order valence-corrected chi connectivity index (χ0v) is 14.6. The molecule has 3 nitrogen and oxygen atoms in total. The van der Waals surface area contributed by atoms with Gasteiger partial charge in [-0.15, -0.1) is 0 Å². The molecule has 0 aromatic carbocycles. The van der Waals surface area contributed by atoms with Gasteiger partial charge in [0.25, 0.3) is 0 Å². The van der Waals surface area contributed by atoms with Gasteiger partial charge in [0, 0.05) is 39.6 Å². The van der Waals surface area contributed by atoms with Gasteiger partial charge in [0.05, 0.1) is 0 Å². The molecule has 0 bridgehead atoms. The third-order valence-corrected chi connectivity index (χ3v) is 2.48. The number of halogens is 2. The molecule has 18 heavy (non-hydrogen) atoms. The predicted molar refractivity (Wildman–Crippen MR) is 71.9 cm³/mol.